The van der Waals surface area contributed by atoms with Crippen LogP contribution in [0.25, 0.3) is 0 Å². The second kappa shape index (κ2) is 18.4. The molecule has 0 amide bonds. The summed E-state index contributed by atoms with van der Waals surface area (Å²) in [6.45, 7) is 3.32. The number of carbonyl (C=O) groups is 1. The molecule has 0 N–H and O–H groups in total. The van der Waals surface area contributed by atoms with Crippen molar-refractivity contribution in [2.24, 2.45) is 0 Å². The van der Waals surface area contributed by atoms with Gasteiger partial charge in [0.05, 0.1) is 0 Å². The molecule has 4 nitrogen and oxygen atoms in total. The van der Waals surface area contributed by atoms with E-state index in [4.69, 9.17) is 9.59 Å². The summed E-state index contributed by atoms with van der Waals surface area (Å²) < 4.78 is 0. The van der Waals surface area contributed by atoms with E-state index in [1.807, 2.05) is 0 Å². The van der Waals surface area contributed by atoms with Crippen molar-refractivity contribution >= 4 is 12.1 Å². The van der Waals surface area contributed by atoms with Gasteiger partial charge in [-0.15, -0.1) is 12.9 Å². The van der Waals surface area contributed by atoms with Crippen LogP contribution in [0.3, 0.4) is 0 Å². The molecule has 0 saturated carbocycles. The number of hydrogen-bond donors (Lipinski definition) is 0. The Kier molecular flexibility index (Phi) is 33.1. The number of hydrogen-bond acceptors (Lipinski definition) is 4. The molecule has 0 unspecified atom stereocenters. The average Bonchev–Trinajstić information content (AvgIpc) is 1.91. The topological polar surface area (TPSA) is 74.3 Å². The molecular weight excluding hydrogens is 194 g/mol. The maximum absolute atomic E-state index is 9.95. The van der Waals surface area contributed by atoms with Gasteiger partial charge in [0, 0.05) is 0 Å². The predicted octanol–water partition coefficient (Wildman–Crippen LogP) is -6.68. The third-order valence-corrected chi connectivity index (χ3v) is 0.902. The predicted molar refractivity (Wildman–Crippen MR) is 32.7 cm³/mol. The smallest absolute Gasteiger partial charge is 0.658 e. The van der Waals surface area contributed by atoms with E-state index in [1.165, 1.54) is 0 Å². The Bertz CT molecular complexity index is 183. The van der Waals surface area contributed by atoms with Crippen LogP contribution in [0.15, 0.2) is 5.57 Å². The van der Waals surface area contributed by atoms with Crippen molar-refractivity contribution in [3.63, 3.8) is 0 Å². The Hall–Kier alpha value is 0.590. The molecule has 62 valence electrons. The minimum absolute atomic E-state index is 0. The molecule has 0 bridgehead atoms. The van der Waals surface area contributed by atoms with Crippen molar-refractivity contribution in [1.82, 2.24) is 0 Å². The molecule has 0 atom stereocenters. The Balaban J connectivity index is -0.0000000720. The van der Waals surface area contributed by atoms with Gasteiger partial charge in [0.25, 0.3) is 0 Å². The van der Waals surface area contributed by atoms with Crippen LogP contribution in [0.4, 0.5) is 0 Å². The average molecular weight is 202 g/mol. The number of carboxylic acids is 1. The van der Waals surface area contributed by atoms with Crippen LogP contribution in [0.2, 0.25) is 0 Å². The fourth-order valence-corrected chi connectivity index (χ4v) is 0.423. The first-order valence-electron chi connectivity index (χ1n) is 2.88. The number of allylic oxidation sites excluding steroid dienone is 1. The molecule has 0 fully saturated rings. The van der Waals surface area contributed by atoms with Crippen LogP contribution in [0.1, 0.15) is 20.3 Å². The fraction of sp³-hybridized carbons (Fsp3) is 0.429. The molecule has 0 aromatic carbocycles. The van der Waals surface area contributed by atoms with Crippen molar-refractivity contribution in [2.75, 3.05) is 0 Å². The molecule has 0 aromatic rings. The van der Waals surface area contributed by atoms with Gasteiger partial charge in [-0.1, -0.05) is 13.3 Å². The Morgan fingerprint density at radius 3 is 1.69 bits per heavy atom. The number of carboxylic acid groups (broad SMARTS) is 1. The van der Waals surface area contributed by atoms with Crippen molar-refractivity contribution in [3.05, 3.63) is 11.6 Å². The molecule has 0 heterocycles. The zero-order valence-corrected chi connectivity index (χ0v) is 12.3. The zero-order chi connectivity index (χ0) is 9.28. The quantitative estimate of drug-likeness (QED) is 0.253. The summed E-state index contributed by atoms with van der Waals surface area (Å²) >= 11 is 0. The largest absolute Gasteiger partial charge is 1.00 e. The zero-order valence-electron chi connectivity index (χ0n) is 8.34. The molecule has 0 spiro atoms. The summed E-state index contributed by atoms with van der Waals surface area (Å²) in [7, 11) is 0. The number of aliphatic carboxylic acids is 1. The third kappa shape index (κ3) is 19.1. The van der Waals surface area contributed by atoms with Gasteiger partial charge < -0.3 is 9.90 Å². The minimum Gasteiger partial charge on any atom is -0.658 e. The van der Waals surface area contributed by atoms with E-state index in [0.717, 1.165) is 0 Å². The monoisotopic (exact) mass is 202 g/mol. The molecule has 0 aromatic heterocycles. The van der Waals surface area contributed by atoms with Crippen LogP contribution in [0, 0.1) is 6.08 Å². The van der Waals surface area contributed by atoms with Crippen molar-refractivity contribution < 1.29 is 78.6 Å². The van der Waals surface area contributed by atoms with Crippen molar-refractivity contribution in [1.29, 1.82) is 0 Å². The van der Waals surface area contributed by atoms with E-state index in [1.54, 1.807) is 13.8 Å². The Morgan fingerprint density at radius 2 is 1.69 bits per heavy atom. The van der Waals surface area contributed by atoms with Gasteiger partial charge in [0.2, 0.25) is 0 Å². The van der Waals surface area contributed by atoms with Gasteiger partial charge in [-0.25, -0.2) is 5.57 Å². The second-order valence-electron chi connectivity index (χ2n) is 1.45. The Morgan fingerprint density at radius 1 is 1.38 bits per heavy atom. The van der Waals surface area contributed by atoms with Crippen LogP contribution < -0.4 is 64.2 Å². The van der Waals surface area contributed by atoms with E-state index < -0.39 is 5.97 Å². The third-order valence-electron chi connectivity index (χ3n) is 0.902. The van der Waals surface area contributed by atoms with E-state index >= 15 is 0 Å². The molecule has 13 heavy (non-hydrogen) atoms. The Labute approximate surface area is 121 Å². The van der Waals surface area contributed by atoms with Crippen LogP contribution in [-0.2, 0) is 14.4 Å². The SMILES string of the molecule is C[C-]=C(CC)C(=O)[O-].O=C=O.[Na+].[Na+]. The molecule has 0 radical (unpaired) electrons. The van der Waals surface area contributed by atoms with Gasteiger partial charge in [-0.05, 0) is 0 Å². The van der Waals surface area contributed by atoms with Crippen LogP contribution in [-0.4, -0.2) is 12.1 Å². The summed E-state index contributed by atoms with van der Waals surface area (Å²) in [5.74, 6) is -1.12. The normalized spacial score (nSPS) is 7.69. The summed E-state index contributed by atoms with van der Waals surface area (Å²) in [6.07, 6.45) is 3.24. The number of carbonyl (C=O) groups excluding carboxylic acids is 3. The molecule has 6 heteroatoms. The first-order chi connectivity index (χ1) is 5.13. The first-order valence-corrected chi connectivity index (χ1v) is 2.88. The second-order valence-corrected chi connectivity index (χ2v) is 1.45. The first kappa shape index (κ1) is 23.4. The summed E-state index contributed by atoms with van der Waals surface area (Å²) in [5, 5.41) is 9.95. The summed E-state index contributed by atoms with van der Waals surface area (Å²) in [5.41, 5.74) is 0.241. The van der Waals surface area contributed by atoms with Gasteiger partial charge in [-0.3, -0.25) is 6.08 Å². The van der Waals surface area contributed by atoms with Crippen molar-refractivity contribution in [3.8, 4) is 0 Å². The van der Waals surface area contributed by atoms with Gasteiger partial charge in [-0.2, -0.15) is 9.59 Å². The molecule has 0 rings (SSSR count). The molecule has 0 aliphatic rings. The maximum atomic E-state index is 9.95. The molecule has 0 saturated heterocycles. The van der Waals surface area contributed by atoms with Gasteiger partial charge in [0.1, 0.15) is 0 Å². The molecule has 0 aliphatic carbocycles. The minimum atomic E-state index is -1.12. The van der Waals surface area contributed by atoms with Gasteiger partial charge in [0.15, 0.2) is 0 Å². The van der Waals surface area contributed by atoms with E-state index in [-0.39, 0.29) is 70.8 Å². The van der Waals surface area contributed by atoms with Crippen LogP contribution >= 0.6 is 0 Å². The standard InChI is InChI=1S/C6H9O2.CO2.2Na/c1-3-5(4-2)6(7)8;2-1-3;;/h3H2,1-2H3,(H,7,8);;;/q-1;;2*+1/p-1. The number of rotatable bonds is 2. The van der Waals surface area contributed by atoms with Crippen LogP contribution in [0.5, 0.6) is 0 Å². The maximum Gasteiger partial charge on any atom is 1.00 e. The van der Waals surface area contributed by atoms with Gasteiger partial charge >= 0.3 is 65.3 Å². The van der Waals surface area contributed by atoms with E-state index in [0.29, 0.717) is 6.42 Å². The molecule has 0 aliphatic heterocycles. The summed E-state index contributed by atoms with van der Waals surface area (Å²) in [4.78, 5) is 26.2. The van der Waals surface area contributed by atoms with Crippen molar-refractivity contribution in [2.45, 2.75) is 20.3 Å². The fourth-order valence-electron chi connectivity index (χ4n) is 0.423. The summed E-state index contributed by atoms with van der Waals surface area (Å²) in [6, 6.07) is 0. The van der Waals surface area contributed by atoms with E-state index in [9.17, 15) is 9.90 Å². The van der Waals surface area contributed by atoms with E-state index in [2.05, 4.69) is 6.08 Å². The molecular formula is C7H8Na2O4.